The first-order valence-electron chi connectivity index (χ1n) is 4.75. The zero-order valence-electron chi connectivity index (χ0n) is 9.24. The molecule has 1 unspecified atom stereocenters. The van der Waals surface area contributed by atoms with Crippen molar-refractivity contribution in [3.05, 3.63) is 28.4 Å². The number of carbonyl (C=O) groups excluding carboxylic acids is 1. The van der Waals surface area contributed by atoms with Crippen LogP contribution in [0, 0.1) is 10.1 Å². The molecule has 9 heteroatoms. The van der Waals surface area contributed by atoms with Crippen molar-refractivity contribution in [2.24, 2.45) is 0 Å². The number of hydrogen-bond acceptors (Lipinski definition) is 7. The van der Waals surface area contributed by atoms with E-state index in [-0.39, 0.29) is 11.8 Å². The Morgan fingerprint density at radius 1 is 1.67 bits per heavy atom. The average Bonchev–Trinajstić information content (AvgIpc) is 2.28. The summed E-state index contributed by atoms with van der Waals surface area (Å²) >= 11 is 5.06. The standard InChI is InChI=1S/C9H9ClN2O4S2/c1-6(16-9(10)13)5-17-18-8-3-2-7(4-11-8)12(14)15/h2-4,6H,5H2,1H3. The lowest BCUT2D eigenvalue weighted by Gasteiger charge is -2.08. The number of rotatable bonds is 6. The quantitative estimate of drug-likeness (QED) is 0.344. The first-order chi connectivity index (χ1) is 8.49. The van der Waals surface area contributed by atoms with Crippen LogP contribution in [-0.2, 0) is 4.74 Å². The van der Waals surface area contributed by atoms with Crippen molar-refractivity contribution < 1.29 is 14.5 Å². The smallest absolute Gasteiger partial charge is 0.404 e. The van der Waals surface area contributed by atoms with Gasteiger partial charge in [-0.25, -0.2) is 9.78 Å². The second-order valence-corrected chi connectivity index (χ2v) is 5.82. The summed E-state index contributed by atoms with van der Waals surface area (Å²) in [5.41, 5.74) is -0.879. The SMILES string of the molecule is CC(CSSc1ccc([N+](=O)[O-])cn1)OC(=O)Cl. The van der Waals surface area contributed by atoms with Gasteiger partial charge in [-0.05, 0) is 23.8 Å². The Balaban J connectivity index is 2.35. The molecule has 0 saturated heterocycles. The molecule has 1 heterocycles. The van der Waals surface area contributed by atoms with Crippen LogP contribution in [0.4, 0.5) is 10.5 Å². The summed E-state index contributed by atoms with van der Waals surface area (Å²) in [5.74, 6) is 0.543. The summed E-state index contributed by atoms with van der Waals surface area (Å²) < 4.78 is 4.72. The first-order valence-corrected chi connectivity index (χ1v) is 7.44. The zero-order chi connectivity index (χ0) is 13.5. The van der Waals surface area contributed by atoms with Crippen molar-refractivity contribution in [3.63, 3.8) is 0 Å². The van der Waals surface area contributed by atoms with Crippen LogP contribution in [0.15, 0.2) is 23.4 Å². The third kappa shape index (κ3) is 5.56. The largest absolute Gasteiger partial charge is 0.450 e. The van der Waals surface area contributed by atoms with E-state index < -0.39 is 10.4 Å². The number of carbonyl (C=O) groups is 1. The van der Waals surface area contributed by atoms with Crippen molar-refractivity contribution in [2.45, 2.75) is 18.1 Å². The van der Waals surface area contributed by atoms with Gasteiger partial charge >= 0.3 is 5.43 Å². The van der Waals surface area contributed by atoms with E-state index in [0.717, 1.165) is 0 Å². The van der Waals surface area contributed by atoms with E-state index in [4.69, 9.17) is 16.3 Å². The molecule has 0 fully saturated rings. The topological polar surface area (TPSA) is 82.3 Å². The van der Waals surface area contributed by atoms with E-state index >= 15 is 0 Å². The molecule has 18 heavy (non-hydrogen) atoms. The Kier molecular flexibility index (Phi) is 6.23. The van der Waals surface area contributed by atoms with Gasteiger partial charge in [-0.3, -0.25) is 10.1 Å². The fourth-order valence-corrected chi connectivity index (χ4v) is 3.17. The van der Waals surface area contributed by atoms with Gasteiger partial charge in [0.25, 0.3) is 5.69 Å². The van der Waals surface area contributed by atoms with Crippen LogP contribution in [0.1, 0.15) is 6.92 Å². The fourth-order valence-electron chi connectivity index (χ4n) is 0.912. The van der Waals surface area contributed by atoms with Crippen LogP contribution in [0.5, 0.6) is 0 Å². The average molecular weight is 309 g/mol. The monoisotopic (exact) mass is 308 g/mol. The number of aromatic nitrogens is 1. The summed E-state index contributed by atoms with van der Waals surface area (Å²) in [4.78, 5) is 24.3. The van der Waals surface area contributed by atoms with Crippen molar-refractivity contribution >= 4 is 44.3 Å². The predicted octanol–water partition coefficient (Wildman–Crippen LogP) is 3.49. The fraction of sp³-hybridized carbons (Fsp3) is 0.333. The highest BCUT2D eigenvalue weighted by molar-refractivity contribution is 8.76. The molecule has 98 valence electrons. The molecular weight excluding hydrogens is 300 g/mol. The summed E-state index contributed by atoms with van der Waals surface area (Å²) in [6.45, 7) is 1.72. The van der Waals surface area contributed by atoms with E-state index in [1.165, 1.54) is 33.9 Å². The second-order valence-electron chi connectivity index (χ2n) is 3.15. The number of halogens is 1. The molecule has 0 aliphatic carbocycles. The maximum absolute atomic E-state index is 10.4. The van der Waals surface area contributed by atoms with Crippen LogP contribution in [-0.4, -0.2) is 27.2 Å². The van der Waals surface area contributed by atoms with Gasteiger partial charge in [0.2, 0.25) is 0 Å². The molecule has 0 aliphatic heterocycles. The van der Waals surface area contributed by atoms with E-state index in [9.17, 15) is 14.9 Å². The Hall–Kier alpha value is -0.990. The van der Waals surface area contributed by atoms with Gasteiger partial charge in [0, 0.05) is 23.4 Å². The Morgan fingerprint density at radius 3 is 2.89 bits per heavy atom. The Morgan fingerprint density at radius 2 is 2.39 bits per heavy atom. The minimum atomic E-state index is -0.832. The molecule has 1 atom stereocenters. The molecule has 6 nitrogen and oxygen atoms in total. The lowest BCUT2D eigenvalue weighted by molar-refractivity contribution is -0.385. The molecule has 0 saturated carbocycles. The van der Waals surface area contributed by atoms with Crippen molar-refractivity contribution in [2.75, 3.05) is 5.75 Å². The minimum absolute atomic E-state index is 0.0474. The number of nitro groups is 1. The van der Waals surface area contributed by atoms with Crippen LogP contribution in [0.25, 0.3) is 0 Å². The third-order valence-electron chi connectivity index (χ3n) is 1.67. The van der Waals surface area contributed by atoms with Gasteiger partial charge in [0.05, 0.1) is 4.92 Å². The highest BCUT2D eigenvalue weighted by Crippen LogP contribution is 2.30. The van der Waals surface area contributed by atoms with Gasteiger partial charge < -0.3 is 4.74 Å². The van der Waals surface area contributed by atoms with Crippen molar-refractivity contribution in [3.8, 4) is 0 Å². The van der Waals surface area contributed by atoms with E-state index in [0.29, 0.717) is 10.8 Å². The van der Waals surface area contributed by atoms with Crippen LogP contribution in [0.2, 0.25) is 0 Å². The molecule has 0 aliphatic rings. The number of pyridine rings is 1. The Bertz CT molecular complexity index is 429. The maximum Gasteiger partial charge on any atom is 0.404 e. The number of nitrogens with zero attached hydrogens (tertiary/aromatic N) is 2. The van der Waals surface area contributed by atoms with Gasteiger partial charge in [-0.1, -0.05) is 10.8 Å². The molecule has 0 spiro atoms. The molecule has 1 rings (SSSR count). The van der Waals surface area contributed by atoms with E-state index in [1.54, 1.807) is 13.0 Å². The lowest BCUT2D eigenvalue weighted by atomic mass is 10.4. The third-order valence-corrected chi connectivity index (χ3v) is 4.17. The van der Waals surface area contributed by atoms with E-state index in [1.807, 2.05) is 0 Å². The maximum atomic E-state index is 10.4. The highest BCUT2D eigenvalue weighted by atomic mass is 35.5. The number of ether oxygens (including phenoxy) is 1. The van der Waals surface area contributed by atoms with Gasteiger partial charge in [0.1, 0.15) is 17.3 Å². The molecule has 0 bridgehead atoms. The first kappa shape index (κ1) is 15.1. The number of hydrogen-bond donors (Lipinski definition) is 0. The van der Waals surface area contributed by atoms with Crippen LogP contribution < -0.4 is 0 Å². The summed E-state index contributed by atoms with van der Waals surface area (Å²) in [7, 11) is 2.76. The molecule has 0 amide bonds. The molecule has 0 N–H and O–H groups in total. The van der Waals surface area contributed by atoms with Gasteiger partial charge in [-0.15, -0.1) is 0 Å². The van der Waals surface area contributed by atoms with Crippen molar-refractivity contribution in [1.29, 1.82) is 0 Å². The summed E-state index contributed by atoms with van der Waals surface area (Å²) in [5, 5.41) is 11.1. The Labute approximate surface area is 116 Å². The minimum Gasteiger partial charge on any atom is -0.450 e. The summed E-state index contributed by atoms with van der Waals surface area (Å²) in [6, 6.07) is 2.95. The van der Waals surface area contributed by atoms with Crippen molar-refractivity contribution in [1.82, 2.24) is 4.98 Å². The lowest BCUT2D eigenvalue weighted by Crippen LogP contribution is -2.11. The van der Waals surface area contributed by atoms with Gasteiger partial charge in [-0.2, -0.15) is 0 Å². The molecular formula is C9H9ClN2O4S2. The van der Waals surface area contributed by atoms with E-state index in [2.05, 4.69) is 4.98 Å². The predicted molar refractivity (Wildman–Crippen MR) is 71.0 cm³/mol. The van der Waals surface area contributed by atoms with Gasteiger partial charge in [0.15, 0.2) is 0 Å². The second kappa shape index (κ2) is 7.45. The zero-order valence-corrected chi connectivity index (χ0v) is 11.6. The normalized spacial score (nSPS) is 11.9. The van der Waals surface area contributed by atoms with Crippen LogP contribution in [0.3, 0.4) is 0 Å². The summed E-state index contributed by atoms with van der Waals surface area (Å²) in [6.07, 6.45) is 0.899. The van der Waals surface area contributed by atoms with Crippen LogP contribution >= 0.6 is 33.2 Å². The molecule has 1 aromatic heterocycles. The molecule has 0 radical (unpaired) electrons. The molecule has 0 aromatic carbocycles. The molecule has 1 aromatic rings. The highest BCUT2D eigenvalue weighted by Gasteiger charge is 2.09.